The fourth-order valence-corrected chi connectivity index (χ4v) is 2.69. The van der Waals surface area contributed by atoms with Crippen LogP contribution in [0.4, 0.5) is 16.2 Å². The minimum atomic E-state index is -0.271. The predicted octanol–water partition coefficient (Wildman–Crippen LogP) is 3.40. The lowest BCUT2D eigenvalue weighted by Crippen LogP contribution is -2.24. The number of nitrogens with one attached hydrogen (secondary N) is 2. The Labute approximate surface area is 135 Å². The maximum Gasteiger partial charge on any atom is 0.323 e. The van der Waals surface area contributed by atoms with Crippen LogP contribution < -0.4 is 10.6 Å². The van der Waals surface area contributed by atoms with Gasteiger partial charge in [0.1, 0.15) is 0 Å². The second kappa shape index (κ2) is 7.28. The summed E-state index contributed by atoms with van der Waals surface area (Å²) in [6, 6.07) is 7.39. The van der Waals surface area contributed by atoms with Crippen molar-refractivity contribution in [3.05, 3.63) is 42.2 Å². The van der Waals surface area contributed by atoms with Crippen LogP contribution in [0.5, 0.6) is 0 Å². The molecule has 0 spiro atoms. The molecule has 1 aromatic carbocycles. The first kappa shape index (κ1) is 15.6. The van der Waals surface area contributed by atoms with Crippen LogP contribution in [0.3, 0.4) is 0 Å². The number of carbonyl (C=O) groups excluding carboxylic acids is 1. The zero-order valence-corrected chi connectivity index (χ0v) is 13.3. The smallest absolute Gasteiger partial charge is 0.323 e. The highest BCUT2D eigenvalue weighted by molar-refractivity contribution is 6.00. The monoisotopic (exact) mass is 314 g/mol. The molecule has 1 fully saturated rings. The SMILES string of the molecule is Cc1ccccc1NC(=O)Nc1cnn(C[C@@H]2CCCCO2)c1. The molecule has 122 valence electrons. The van der Waals surface area contributed by atoms with Crippen LogP contribution in [0, 0.1) is 6.92 Å². The van der Waals surface area contributed by atoms with Crippen LogP contribution >= 0.6 is 0 Å². The summed E-state index contributed by atoms with van der Waals surface area (Å²) in [5.41, 5.74) is 2.49. The molecular formula is C17H22N4O2. The van der Waals surface area contributed by atoms with Gasteiger partial charge in [0.05, 0.1) is 24.5 Å². The number of benzene rings is 1. The van der Waals surface area contributed by atoms with Gasteiger partial charge in [-0.1, -0.05) is 18.2 Å². The largest absolute Gasteiger partial charge is 0.376 e. The Hall–Kier alpha value is -2.34. The Bertz CT molecular complexity index is 662. The van der Waals surface area contributed by atoms with Gasteiger partial charge in [0.15, 0.2) is 0 Å². The van der Waals surface area contributed by atoms with Crippen molar-refractivity contribution >= 4 is 17.4 Å². The quantitative estimate of drug-likeness (QED) is 0.908. The van der Waals surface area contributed by atoms with E-state index in [9.17, 15) is 4.79 Å². The number of hydrogen-bond donors (Lipinski definition) is 2. The number of hydrogen-bond acceptors (Lipinski definition) is 3. The van der Waals surface area contributed by atoms with Crippen molar-refractivity contribution in [3.63, 3.8) is 0 Å². The van der Waals surface area contributed by atoms with Crippen molar-refractivity contribution in [2.75, 3.05) is 17.2 Å². The van der Waals surface area contributed by atoms with Crippen molar-refractivity contribution in [2.45, 2.75) is 38.8 Å². The number of amides is 2. The molecular weight excluding hydrogens is 292 g/mol. The predicted molar refractivity (Wildman–Crippen MR) is 89.6 cm³/mol. The van der Waals surface area contributed by atoms with Crippen LogP contribution in [-0.2, 0) is 11.3 Å². The standard InChI is InChI=1S/C17H22N4O2/c1-13-6-2-3-8-16(13)20-17(22)19-14-10-18-21(11-14)12-15-7-4-5-9-23-15/h2-3,6,8,10-11,15H,4-5,7,9,12H2,1H3,(H2,19,20,22)/t15-/m0/s1. The number of aromatic nitrogens is 2. The Balaban J connectivity index is 1.54. The number of nitrogens with zero attached hydrogens (tertiary/aromatic N) is 2. The van der Waals surface area contributed by atoms with Crippen LogP contribution in [0.2, 0.25) is 0 Å². The lowest BCUT2D eigenvalue weighted by molar-refractivity contribution is 0.00401. The first-order chi connectivity index (χ1) is 11.2. The zero-order chi connectivity index (χ0) is 16.1. The lowest BCUT2D eigenvalue weighted by atomic mass is 10.1. The highest BCUT2D eigenvalue weighted by atomic mass is 16.5. The van der Waals surface area contributed by atoms with E-state index in [1.54, 1.807) is 6.20 Å². The molecule has 0 saturated carbocycles. The first-order valence-electron chi connectivity index (χ1n) is 7.98. The third-order valence-electron chi connectivity index (χ3n) is 3.95. The Morgan fingerprint density at radius 1 is 1.35 bits per heavy atom. The molecule has 0 bridgehead atoms. The minimum absolute atomic E-state index is 0.220. The molecule has 3 rings (SSSR count). The Morgan fingerprint density at radius 3 is 3.00 bits per heavy atom. The molecule has 2 aromatic rings. The highest BCUT2D eigenvalue weighted by Crippen LogP contribution is 2.16. The molecule has 0 radical (unpaired) electrons. The van der Waals surface area contributed by atoms with Gasteiger partial charge in [-0.3, -0.25) is 4.68 Å². The molecule has 23 heavy (non-hydrogen) atoms. The van der Waals surface area contributed by atoms with Crippen LogP contribution in [0.1, 0.15) is 24.8 Å². The fourth-order valence-electron chi connectivity index (χ4n) is 2.69. The van der Waals surface area contributed by atoms with Gasteiger partial charge >= 0.3 is 6.03 Å². The number of urea groups is 1. The van der Waals surface area contributed by atoms with Gasteiger partial charge in [0.2, 0.25) is 0 Å². The molecule has 2 amide bonds. The van der Waals surface area contributed by atoms with E-state index in [1.807, 2.05) is 42.1 Å². The molecule has 6 nitrogen and oxygen atoms in total. The molecule has 1 aliphatic rings. The van der Waals surface area contributed by atoms with E-state index >= 15 is 0 Å². The average molecular weight is 314 g/mol. The lowest BCUT2D eigenvalue weighted by Gasteiger charge is -2.22. The summed E-state index contributed by atoms with van der Waals surface area (Å²) in [4.78, 5) is 12.0. The fraction of sp³-hybridized carbons (Fsp3) is 0.412. The van der Waals surface area contributed by atoms with E-state index in [0.29, 0.717) is 5.69 Å². The van der Waals surface area contributed by atoms with Crippen molar-refractivity contribution in [1.82, 2.24) is 9.78 Å². The second-order valence-corrected chi connectivity index (χ2v) is 5.83. The average Bonchev–Trinajstić information content (AvgIpc) is 2.97. The summed E-state index contributed by atoms with van der Waals surface area (Å²) in [6.07, 6.45) is 7.11. The molecule has 2 heterocycles. The van der Waals surface area contributed by atoms with Gasteiger partial charge in [-0.05, 0) is 37.8 Å². The van der Waals surface area contributed by atoms with Gasteiger partial charge in [0.25, 0.3) is 0 Å². The summed E-state index contributed by atoms with van der Waals surface area (Å²) >= 11 is 0. The van der Waals surface area contributed by atoms with Crippen molar-refractivity contribution in [2.24, 2.45) is 0 Å². The Morgan fingerprint density at radius 2 is 2.22 bits per heavy atom. The molecule has 1 aliphatic heterocycles. The Kier molecular flexibility index (Phi) is 4.92. The topological polar surface area (TPSA) is 68.2 Å². The van der Waals surface area contributed by atoms with E-state index in [0.717, 1.165) is 37.2 Å². The maximum atomic E-state index is 12.0. The van der Waals surface area contributed by atoms with E-state index in [2.05, 4.69) is 15.7 Å². The highest BCUT2D eigenvalue weighted by Gasteiger charge is 2.15. The van der Waals surface area contributed by atoms with Crippen molar-refractivity contribution in [1.29, 1.82) is 0 Å². The number of rotatable bonds is 4. The molecule has 1 atom stereocenters. The van der Waals surface area contributed by atoms with E-state index in [4.69, 9.17) is 4.74 Å². The molecule has 1 aromatic heterocycles. The number of aryl methyl sites for hydroxylation is 1. The molecule has 2 N–H and O–H groups in total. The van der Waals surface area contributed by atoms with Gasteiger partial charge in [-0.15, -0.1) is 0 Å². The number of carbonyl (C=O) groups is 1. The van der Waals surface area contributed by atoms with Gasteiger partial charge in [-0.2, -0.15) is 5.10 Å². The first-order valence-corrected chi connectivity index (χ1v) is 7.98. The second-order valence-electron chi connectivity index (χ2n) is 5.83. The van der Waals surface area contributed by atoms with E-state index in [-0.39, 0.29) is 12.1 Å². The summed E-state index contributed by atoms with van der Waals surface area (Å²) < 4.78 is 7.52. The number of anilines is 2. The normalized spacial score (nSPS) is 17.7. The van der Waals surface area contributed by atoms with Gasteiger partial charge < -0.3 is 15.4 Å². The minimum Gasteiger partial charge on any atom is -0.376 e. The summed E-state index contributed by atoms with van der Waals surface area (Å²) in [5, 5.41) is 9.92. The molecule has 0 aliphatic carbocycles. The summed E-state index contributed by atoms with van der Waals surface area (Å²) in [7, 11) is 0. The van der Waals surface area contributed by atoms with Crippen LogP contribution in [0.25, 0.3) is 0 Å². The van der Waals surface area contributed by atoms with Crippen LogP contribution in [-0.4, -0.2) is 28.5 Å². The van der Waals surface area contributed by atoms with Crippen LogP contribution in [0.15, 0.2) is 36.7 Å². The third kappa shape index (κ3) is 4.32. The third-order valence-corrected chi connectivity index (χ3v) is 3.95. The van der Waals surface area contributed by atoms with E-state index in [1.165, 1.54) is 6.42 Å². The summed E-state index contributed by atoms with van der Waals surface area (Å²) in [6.45, 7) is 3.51. The maximum absolute atomic E-state index is 12.0. The zero-order valence-electron chi connectivity index (χ0n) is 13.3. The molecule has 0 unspecified atom stereocenters. The van der Waals surface area contributed by atoms with Crippen molar-refractivity contribution in [3.8, 4) is 0 Å². The number of ether oxygens (including phenoxy) is 1. The molecule has 6 heteroatoms. The van der Waals surface area contributed by atoms with E-state index < -0.39 is 0 Å². The summed E-state index contributed by atoms with van der Waals surface area (Å²) in [5.74, 6) is 0. The van der Waals surface area contributed by atoms with Gasteiger partial charge in [-0.25, -0.2) is 4.79 Å². The molecule has 1 saturated heterocycles. The van der Waals surface area contributed by atoms with Crippen molar-refractivity contribution < 1.29 is 9.53 Å². The van der Waals surface area contributed by atoms with Gasteiger partial charge in [0, 0.05) is 18.5 Å². The number of para-hydroxylation sites is 1.